The van der Waals surface area contributed by atoms with E-state index in [9.17, 15) is 9.59 Å². The minimum absolute atomic E-state index is 0.335. The second-order valence-electron chi connectivity index (χ2n) is 5.90. The van der Waals surface area contributed by atoms with Gasteiger partial charge >= 0.3 is 5.97 Å². The molecule has 4 N–H and O–H groups in total. The number of carbonyl (C=O) groups excluding carboxylic acids is 2. The van der Waals surface area contributed by atoms with Gasteiger partial charge in [0, 0.05) is 6.54 Å². The van der Waals surface area contributed by atoms with E-state index in [1.165, 1.54) is 18.9 Å². The summed E-state index contributed by atoms with van der Waals surface area (Å²) in [5.41, 5.74) is 8.84. The van der Waals surface area contributed by atoms with E-state index in [-0.39, 0.29) is 5.97 Å². The molecule has 3 rings (SSSR count). The number of ether oxygens (including phenoxy) is 1. The van der Waals surface area contributed by atoms with Gasteiger partial charge in [0.15, 0.2) is 5.16 Å². The Labute approximate surface area is 160 Å². The number of esters is 1. The van der Waals surface area contributed by atoms with Gasteiger partial charge in [0.05, 0.1) is 18.2 Å². The number of thioether (sulfide) groups is 1. The molecular weight excluding hydrogens is 364 g/mol. The highest BCUT2D eigenvalue weighted by Crippen LogP contribution is 2.36. The number of hydrogen-bond donors (Lipinski definition) is 3. The molecule has 0 aliphatic rings. The molecule has 27 heavy (non-hydrogen) atoms. The smallest absolute Gasteiger partial charge is 0.323 e. The molecule has 0 aliphatic heterocycles. The third-order valence-corrected chi connectivity index (χ3v) is 5.18. The van der Waals surface area contributed by atoms with Crippen LogP contribution in [0.15, 0.2) is 47.6 Å². The average molecular weight is 384 g/mol. The van der Waals surface area contributed by atoms with Gasteiger partial charge in [0.25, 0.3) is 5.91 Å². The lowest BCUT2D eigenvalue weighted by atomic mass is 10.1. The number of amides is 1. The van der Waals surface area contributed by atoms with E-state index >= 15 is 0 Å². The van der Waals surface area contributed by atoms with Gasteiger partial charge in [-0.25, -0.2) is 4.98 Å². The number of carbonyl (C=O) groups is 2. The van der Waals surface area contributed by atoms with Crippen molar-refractivity contribution in [1.82, 2.24) is 15.3 Å². The quantitative estimate of drug-likeness (QED) is 0.426. The van der Waals surface area contributed by atoms with Crippen LogP contribution >= 0.6 is 11.8 Å². The van der Waals surface area contributed by atoms with Crippen LogP contribution in [0.2, 0.25) is 0 Å². The number of benzene rings is 2. The van der Waals surface area contributed by atoms with E-state index in [2.05, 4.69) is 15.3 Å². The number of H-pyrrole nitrogens is 1. The van der Waals surface area contributed by atoms with E-state index in [1.807, 2.05) is 31.3 Å². The van der Waals surface area contributed by atoms with Crippen molar-refractivity contribution < 1.29 is 14.3 Å². The standard InChI is InChI=1S/C19H20N4O3S/c1-21-10-11-6-8-12(9-7-11)16(18(25)26-2)27-19-22-14-5-3-4-13(17(20)24)15(14)23-19/h3-9,16,21H,10H2,1-2H3,(H2,20,24)(H,22,23). The number of hydrogen-bond acceptors (Lipinski definition) is 6. The zero-order chi connectivity index (χ0) is 19.4. The number of imidazole rings is 1. The molecule has 1 amide bonds. The van der Waals surface area contributed by atoms with E-state index in [0.29, 0.717) is 21.8 Å². The fourth-order valence-corrected chi connectivity index (χ4v) is 3.77. The Morgan fingerprint density at radius 2 is 2.00 bits per heavy atom. The maximum Gasteiger partial charge on any atom is 0.323 e. The largest absolute Gasteiger partial charge is 0.468 e. The van der Waals surface area contributed by atoms with Crippen LogP contribution in [0.5, 0.6) is 0 Å². The normalized spacial score (nSPS) is 12.1. The highest BCUT2D eigenvalue weighted by Gasteiger charge is 2.25. The maximum absolute atomic E-state index is 12.3. The molecule has 0 bridgehead atoms. The summed E-state index contributed by atoms with van der Waals surface area (Å²) >= 11 is 1.23. The van der Waals surface area contributed by atoms with Gasteiger partial charge in [0.2, 0.25) is 0 Å². The Balaban J connectivity index is 1.93. The first kappa shape index (κ1) is 18.9. The molecule has 0 aliphatic carbocycles. The first-order chi connectivity index (χ1) is 13.0. The Morgan fingerprint density at radius 1 is 1.26 bits per heavy atom. The lowest BCUT2D eigenvalue weighted by molar-refractivity contribution is -0.140. The van der Waals surface area contributed by atoms with Gasteiger partial charge < -0.3 is 20.8 Å². The summed E-state index contributed by atoms with van der Waals surface area (Å²) in [4.78, 5) is 31.5. The summed E-state index contributed by atoms with van der Waals surface area (Å²) < 4.78 is 4.96. The van der Waals surface area contributed by atoms with E-state index in [0.717, 1.165) is 17.7 Å². The van der Waals surface area contributed by atoms with Crippen LogP contribution in [0.25, 0.3) is 11.0 Å². The lowest BCUT2D eigenvalue weighted by Crippen LogP contribution is -2.12. The molecule has 0 saturated carbocycles. The molecule has 8 heteroatoms. The van der Waals surface area contributed by atoms with Crippen LogP contribution in [0.4, 0.5) is 0 Å². The summed E-state index contributed by atoms with van der Waals surface area (Å²) in [7, 11) is 3.23. The van der Waals surface area contributed by atoms with Crippen molar-refractivity contribution in [3.05, 3.63) is 59.2 Å². The minimum atomic E-state index is -0.587. The third-order valence-electron chi connectivity index (χ3n) is 4.06. The molecule has 7 nitrogen and oxygen atoms in total. The molecule has 1 atom stereocenters. The summed E-state index contributed by atoms with van der Waals surface area (Å²) in [6, 6.07) is 12.9. The number of methoxy groups -OCH3 is 1. The van der Waals surface area contributed by atoms with Crippen LogP contribution in [0.1, 0.15) is 26.7 Å². The van der Waals surface area contributed by atoms with Gasteiger partial charge in [-0.05, 0) is 30.3 Å². The van der Waals surface area contributed by atoms with Crippen LogP contribution in [0.3, 0.4) is 0 Å². The SMILES string of the molecule is CNCc1ccc(C(Sc2nc3c(C(N)=O)cccc3[nH]2)C(=O)OC)cc1. The Kier molecular flexibility index (Phi) is 5.78. The fourth-order valence-electron chi connectivity index (χ4n) is 2.75. The lowest BCUT2D eigenvalue weighted by Gasteiger charge is -2.13. The second-order valence-corrected chi connectivity index (χ2v) is 6.99. The van der Waals surface area contributed by atoms with Crippen molar-refractivity contribution in [2.75, 3.05) is 14.2 Å². The number of nitrogens with two attached hydrogens (primary N) is 1. The molecule has 1 aromatic heterocycles. The van der Waals surface area contributed by atoms with E-state index < -0.39 is 11.2 Å². The summed E-state index contributed by atoms with van der Waals surface area (Å²) in [6.07, 6.45) is 0. The van der Waals surface area contributed by atoms with E-state index in [4.69, 9.17) is 10.5 Å². The average Bonchev–Trinajstić information content (AvgIpc) is 3.09. The number of nitrogens with one attached hydrogen (secondary N) is 2. The number of nitrogens with zero attached hydrogens (tertiary/aromatic N) is 1. The molecule has 0 spiro atoms. The van der Waals surface area contributed by atoms with Gasteiger partial charge in [0.1, 0.15) is 10.8 Å². The monoisotopic (exact) mass is 384 g/mol. The molecule has 140 valence electrons. The summed E-state index contributed by atoms with van der Waals surface area (Å²) in [5, 5.41) is 3.01. The van der Waals surface area contributed by atoms with E-state index in [1.54, 1.807) is 18.2 Å². The third kappa shape index (κ3) is 4.12. The van der Waals surface area contributed by atoms with Crippen LogP contribution in [0, 0.1) is 0 Å². The van der Waals surface area contributed by atoms with Crippen molar-refractivity contribution in [3.8, 4) is 0 Å². The zero-order valence-corrected chi connectivity index (χ0v) is 15.8. The minimum Gasteiger partial charge on any atom is -0.468 e. The van der Waals surface area contributed by atoms with Gasteiger partial charge in [-0.1, -0.05) is 42.1 Å². The Morgan fingerprint density at radius 3 is 2.63 bits per heavy atom. The second kappa shape index (κ2) is 8.24. The van der Waals surface area contributed by atoms with Crippen molar-refractivity contribution >= 4 is 34.7 Å². The molecule has 1 unspecified atom stereocenters. The molecule has 0 radical (unpaired) electrons. The number of fused-ring (bicyclic) bond motifs is 1. The first-order valence-electron chi connectivity index (χ1n) is 8.30. The number of para-hydroxylation sites is 1. The molecule has 1 heterocycles. The number of primary amides is 1. The fraction of sp³-hybridized carbons (Fsp3) is 0.211. The topological polar surface area (TPSA) is 110 Å². The van der Waals surface area contributed by atoms with Crippen molar-refractivity contribution in [1.29, 1.82) is 0 Å². The summed E-state index contributed by atoms with van der Waals surface area (Å²) in [5.74, 6) is -0.926. The van der Waals surface area contributed by atoms with Gasteiger partial charge in [-0.15, -0.1) is 0 Å². The van der Waals surface area contributed by atoms with Crippen molar-refractivity contribution in [2.24, 2.45) is 5.73 Å². The number of aromatic amines is 1. The first-order valence-corrected chi connectivity index (χ1v) is 9.18. The predicted molar refractivity (Wildman–Crippen MR) is 104 cm³/mol. The highest BCUT2D eigenvalue weighted by molar-refractivity contribution is 8.00. The number of rotatable bonds is 7. The van der Waals surface area contributed by atoms with Crippen LogP contribution in [-0.4, -0.2) is 36.0 Å². The predicted octanol–water partition coefficient (Wildman–Crippen LogP) is 2.39. The molecule has 3 aromatic rings. The zero-order valence-electron chi connectivity index (χ0n) is 15.0. The van der Waals surface area contributed by atoms with Crippen molar-refractivity contribution in [3.63, 3.8) is 0 Å². The van der Waals surface area contributed by atoms with Gasteiger partial charge in [-0.3, -0.25) is 9.59 Å². The Bertz CT molecular complexity index is 969. The summed E-state index contributed by atoms with van der Waals surface area (Å²) in [6.45, 7) is 0.746. The maximum atomic E-state index is 12.3. The molecular formula is C19H20N4O3S. The van der Waals surface area contributed by atoms with Crippen LogP contribution in [-0.2, 0) is 16.1 Å². The molecule has 0 saturated heterocycles. The molecule has 0 fully saturated rings. The van der Waals surface area contributed by atoms with Crippen LogP contribution < -0.4 is 11.1 Å². The highest BCUT2D eigenvalue weighted by atomic mass is 32.2. The number of aromatic nitrogens is 2. The van der Waals surface area contributed by atoms with Gasteiger partial charge in [-0.2, -0.15) is 0 Å². The molecule has 2 aromatic carbocycles. The van der Waals surface area contributed by atoms with Crippen molar-refractivity contribution in [2.45, 2.75) is 17.0 Å². The Hall–Kier alpha value is -2.84.